The van der Waals surface area contributed by atoms with Crippen molar-refractivity contribution in [2.24, 2.45) is 0 Å². The lowest BCUT2D eigenvalue weighted by Gasteiger charge is -2.21. The monoisotopic (exact) mass is 326 g/mol. The molecule has 0 fully saturated rings. The molecular formula is C16H26N2O3S. The zero-order chi connectivity index (χ0) is 16.6. The third kappa shape index (κ3) is 7.04. The fourth-order valence-corrected chi connectivity index (χ4v) is 3.02. The minimum atomic E-state index is -3.41. The van der Waals surface area contributed by atoms with Gasteiger partial charge < -0.3 is 5.32 Å². The van der Waals surface area contributed by atoms with Crippen molar-refractivity contribution in [2.45, 2.75) is 39.2 Å². The van der Waals surface area contributed by atoms with Crippen molar-refractivity contribution in [1.82, 2.24) is 9.62 Å². The lowest BCUT2D eigenvalue weighted by atomic mass is 10.1. The molecule has 1 atom stereocenters. The molecule has 6 heteroatoms. The summed E-state index contributed by atoms with van der Waals surface area (Å²) >= 11 is 0. The summed E-state index contributed by atoms with van der Waals surface area (Å²) in [4.78, 5) is 12.0. The molecule has 0 unspecified atom stereocenters. The van der Waals surface area contributed by atoms with Crippen LogP contribution in [0.1, 0.15) is 32.3 Å². The minimum Gasteiger partial charge on any atom is -0.353 e. The molecule has 124 valence electrons. The number of carbonyl (C=O) groups is 1. The molecule has 22 heavy (non-hydrogen) atoms. The third-order valence-corrected chi connectivity index (χ3v) is 4.66. The van der Waals surface area contributed by atoms with E-state index in [1.165, 1.54) is 4.31 Å². The SMILES string of the molecule is CCC[C@@H](C)NC(=O)CN(CCc1ccccc1)S(C)(=O)=O. The average molecular weight is 326 g/mol. The first-order chi connectivity index (χ1) is 10.3. The Morgan fingerprint density at radius 1 is 1.27 bits per heavy atom. The van der Waals surface area contributed by atoms with Crippen molar-refractivity contribution in [2.75, 3.05) is 19.3 Å². The van der Waals surface area contributed by atoms with Crippen LogP contribution in [0, 0.1) is 0 Å². The topological polar surface area (TPSA) is 66.5 Å². The maximum Gasteiger partial charge on any atom is 0.235 e. The molecular weight excluding hydrogens is 300 g/mol. The van der Waals surface area contributed by atoms with Crippen molar-refractivity contribution in [3.8, 4) is 0 Å². The molecule has 1 aromatic carbocycles. The van der Waals surface area contributed by atoms with Crippen LogP contribution < -0.4 is 5.32 Å². The quantitative estimate of drug-likeness (QED) is 0.752. The number of hydrogen-bond acceptors (Lipinski definition) is 3. The summed E-state index contributed by atoms with van der Waals surface area (Å²) in [5.74, 6) is -0.251. The first kappa shape index (κ1) is 18.6. The standard InChI is InChI=1S/C16H26N2O3S/c1-4-8-14(2)17-16(19)13-18(22(3,20)21)12-11-15-9-6-5-7-10-15/h5-7,9-10,14H,4,8,11-13H2,1-3H3,(H,17,19)/t14-/m1/s1. The normalized spacial score (nSPS) is 13.1. The van der Waals surface area contributed by atoms with Crippen LogP contribution in [-0.2, 0) is 21.2 Å². The van der Waals surface area contributed by atoms with E-state index in [4.69, 9.17) is 0 Å². The van der Waals surface area contributed by atoms with Gasteiger partial charge in [-0.3, -0.25) is 4.79 Å². The second kappa shape index (κ2) is 8.90. The highest BCUT2D eigenvalue weighted by Crippen LogP contribution is 2.05. The molecule has 0 spiro atoms. The summed E-state index contributed by atoms with van der Waals surface area (Å²) in [6.07, 6.45) is 3.59. The fraction of sp³-hybridized carbons (Fsp3) is 0.562. The van der Waals surface area contributed by atoms with Crippen molar-refractivity contribution < 1.29 is 13.2 Å². The van der Waals surface area contributed by atoms with Gasteiger partial charge in [0.25, 0.3) is 0 Å². The van der Waals surface area contributed by atoms with Gasteiger partial charge in [-0.25, -0.2) is 8.42 Å². The maximum atomic E-state index is 12.0. The Morgan fingerprint density at radius 3 is 2.45 bits per heavy atom. The van der Waals surface area contributed by atoms with E-state index in [9.17, 15) is 13.2 Å². The van der Waals surface area contributed by atoms with Crippen LogP contribution in [0.15, 0.2) is 30.3 Å². The molecule has 0 aliphatic rings. The lowest BCUT2D eigenvalue weighted by Crippen LogP contribution is -2.43. The molecule has 1 aromatic rings. The first-order valence-electron chi connectivity index (χ1n) is 7.61. The molecule has 0 aliphatic heterocycles. The molecule has 1 N–H and O–H groups in total. The predicted octanol–water partition coefficient (Wildman–Crippen LogP) is 1.80. The Hall–Kier alpha value is -1.40. The van der Waals surface area contributed by atoms with Gasteiger partial charge in [-0.05, 0) is 25.3 Å². The van der Waals surface area contributed by atoms with E-state index in [0.29, 0.717) is 13.0 Å². The summed E-state index contributed by atoms with van der Waals surface area (Å²) in [6, 6.07) is 9.71. The maximum absolute atomic E-state index is 12.0. The Morgan fingerprint density at radius 2 is 1.91 bits per heavy atom. The van der Waals surface area contributed by atoms with E-state index in [1.54, 1.807) is 0 Å². The average Bonchev–Trinajstić information content (AvgIpc) is 2.43. The van der Waals surface area contributed by atoms with Crippen LogP contribution >= 0.6 is 0 Å². The molecule has 5 nitrogen and oxygen atoms in total. The Bertz CT molecular complexity index is 558. The number of hydrogen-bond donors (Lipinski definition) is 1. The number of nitrogens with zero attached hydrogens (tertiary/aromatic N) is 1. The second-order valence-corrected chi connectivity index (χ2v) is 7.57. The predicted molar refractivity (Wildman–Crippen MR) is 89.1 cm³/mol. The van der Waals surface area contributed by atoms with Crippen LogP contribution in [-0.4, -0.2) is 44.0 Å². The Balaban J connectivity index is 2.60. The molecule has 0 radical (unpaired) electrons. The molecule has 0 aromatic heterocycles. The van der Waals surface area contributed by atoms with Gasteiger partial charge in [-0.2, -0.15) is 4.31 Å². The number of nitrogens with one attached hydrogen (secondary N) is 1. The number of sulfonamides is 1. The van der Waals surface area contributed by atoms with E-state index in [-0.39, 0.29) is 18.5 Å². The number of carbonyl (C=O) groups excluding carboxylic acids is 1. The van der Waals surface area contributed by atoms with E-state index >= 15 is 0 Å². The smallest absolute Gasteiger partial charge is 0.235 e. The molecule has 1 amide bonds. The van der Waals surface area contributed by atoms with Crippen molar-refractivity contribution >= 4 is 15.9 Å². The summed E-state index contributed by atoms with van der Waals surface area (Å²) < 4.78 is 24.9. The van der Waals surface area contributed by atoms with E-state index in [0.717, 1.165) is 24.7 Å². The first-order valence-corrected chi connectivity index (χ1v) is 9.46. The van der Waals surface area contributed by atoms with Crippen LogP contribution in [0.5, 0.6) is 0 Å². The van der Waals surface area contributed by atoms with Gasteiger partial charge in [0, 0.05) is 12.6 Å². The van der Waals surface area contributed by atoms with Crippen LogP contribution in [0.4, 0.5) is 0 Å². The van der Waals surface area contributed by atoms with Gasteiger partial charge >= 0.3 is 0 Å². The Labute approximate surface area is 133 Å². The van der Waals surface area contributed by atoms with Crippen LogP contribution in [0.2, 0.25) is 0 Å². The molecule has 0 heterocycles. The van der Waals surface area contributed by atoms with Gasteiger partial charge in [-0.15, -0.1) is 0 Å². The van der Waals surface area contributed by atoms with Crippen molar-refractivity contribution in [3.05, 3.63) is 35.9 Å². The minimum absolute atomic E-state index is 0.0630. The highest BCUT2D eigenvalue weighted by atomic mass is 32.2. The fourth-order valence-electron chi connectivity index (χ4n) is 2.25. The summed E-state index contributed by atoms with van der Waals surface area (Å²) in [5.41, 5.74) is 1.05. The van der Waals surface area contributed by atoms with Crippen LogP contribution in [0.3, 0.4) is 0 Å². The van der Waals surface area contributed by atoms with Gasteiger partial charge in [0.15, 0.2) is 0 Å². The van der Waals surface area contributed by atoms with Gasteiger partial charge in [-0.1, -0.05) is 43.7 Å². The summed E-state index contributed by atoms with van der Waals surface area (Å²) in [5, 5.41) is 2.84. The largest absolute Gasteiger partial charge is 0.353 e. The highest BCUT2D eigenvalue weighted by molar-refractivity contribution is 7.88. The highest BCUT2D eigenvalue weighted by Gasteiger charge is 2.20. The van der Waals surface area contributed by atoms with Crippen molar-refractivity contribution in [1.29, 1.82) is 0 Å². The molecule has 0 saturated heterocycles. The zero-order valence-corrected chi connectivity index (χ0v) is 14.4. The second-order valence-electron chi connectivity index (χ2n) is 5.59. The number of benzene rings is 1. The molecule has 0 bridgehead atoms. The zero-order valence-electron chi connectivity index (χ0n) is 13.6. The van der Waals surface area contributed by atoms with E-state index in [2.05, 4.69) is 5.32 Å². The number of amides is 1. The molecule has 1 rings (SSSR count). The van der Waals surface area contributed by atoms with Crippen molar-refractivity contribution in [3.63, 3.8) is 0 Å². The van der Waals surface area contributed by atoms with Gasteiger partial charge in [0.05, 0.1) is 12.8 Å². The van der Waals surface area contributed by atoms with E-state index in [1.807, 2.05) is 44.2 Å². The lowest BCUT2D eigenvalue weighted by molar-refractivity contribution is -0.121. The van der Waals surface area contributed by atoms with E-state index < -0.39 is 10.0 Å². The Kier molecular flexibility index (Phi) is 7.55. The summed E-state index contributed by atoms with van der Waals surface area (Å²) in [7, 11) is -3.41. The third-order valence-electron chi connectivity index (χ3n) is 3.41. The molecule has 0 saturated carbocycles. The summed E-state index contributed by atoms with van der Waals surface area (Å²) in [6.45, 7) is 4.15. The molecule has 0 aliphatic carbocycles. The number of rotatable bonds is 9. The van der Waals surface area contributed by atoms with Gasteiger partial charge in [0.2, 0.25) is 15.9 Å². The van der Waals surface area contributed by atoms with Gasteiger partial charge in [0.1, 0.15) is 0 Å². The van der Waals surface area contributed by atoms with Crippen LogP contribution in [0.25, 0.3) is 0 Å².